The highest BCUT2D eigenvalue weighted by Crippen LogP contribution is 2.22. The molecule has 1 N–H and O–H groups in total. The number of halogens is 1. The first-order valence-electron chi connectivity index (χ1n) is 10.3. The molecule has 6 nitrogen and oxygen atoms in total. The number of likely N-dealkylation sites (N-methyl/N-ethyl adjacent to an activating group) is 1. The second-order valence-electron chi connectivity index (χ2n) is 7.90. The van der Waals surface area contributed by atoms with Crippen LogP contribution in [-0.2, 0) is 21.3 Å². The molecule has 0 aliphatic carbocycles. The average molecular weight is 469 g/mol. The van der Waals surface area contributed by atoms with E-state index >= 15 is 0 Å². The Morgan fingerprint density at radius 3 is 2.23 bits per heavy atom. The van der Waals surface area contributed by atoms with Crippen LogP contribution in [0.3, 0.4) is 0 Å². The monoisotopic (exact) mass is 468 g/mol. The normalized spacial score (nSPS) is 15.2. The summed E-state index contributed by atoms with van der Waals surface area (Å²) in [6.45, 7) is 5.42. The van der Waals surface area contributed by atoms with Crippen molar-refractivity contribution in [3.05, 3.63) is 65.2 Å². The Hall–Kier alpha value is -1.48. The molecular formula is C23H33ClN2O4S. The number of sulfonamides is 1. The molecule has 0 radical (unpaired) electrons. The van der Waals surface area contributed by atoms with Crippen molar-refractivity contribution in [3.8, 4) is 0 Å². The van der Waals surface area contributed by atoms with Gasteiger partial charge in [0.15, 0.2) is 0 Å². The summed E-state index contributed by atoms with van der Waals surface area (Å²) in [7, 11) is -0.435. The van der Waals surface area contributed by atoms with Crippen LogP contribution in [0.4, 0.5) is 0 Å². The number of nitrogens with zero attached hydrogens (tertiary/aromatic N) is 2. The summed E-state index contributed by atoms with van der Waals surface area (Å²) in [5.74, 6) is 0.00918. The number of aliphatic hydroxyl groups is 1. The molecule has 8 heteroatoms. The number of aliphatic hydroxyl groups excluding tert-OH is 1. The van der Waals surface area contributed by atoms with E-state index in [2.05, 4.69) is 4.90 Å². The van der Waals surface area contributed by atoms with Crippen molar-refractivity contribution in [1.29, 1.82) is 0 Å². The van der Waals surface area contributed by atoms with Gasteiger partial charge in [0.1, 0.15) is 0 Å². The highest BCUT2D eigenvalue weighted by Gasteiger charge is 2.28. The van der Waals surface area contributed by atoms with Crippen LogP contribution in [0.5, 0.6) is 0 Å². The number of ether oxygens (including phenoxy) is 1. The van der Waals surface area contributed by atoms with Crippen molar-refractivity contribution < 1.29 is 18.3 Å². The maximum Gasteiger partial charge on any atom is 0.242 e. The van der Waals surface area contributed by atoms with Crippen LogP contribution in [0.1, 0.15) is 19.4 Å². The predicted molar refractivity (Wildman–Crippen MR) is 125 cm³/mol. The van der Waals surface area contributed by atoms with E-state index in [1.165, 1.54) is 4.31 Å². The Kier molecular flexibility index (Phi) is 9.93. The fourth-order valence-electron chi connectivity index (χ4n) is 3.46. The lowest BCUT2D eigenvalue weighted by Gasteiger charge is -2.34. The van der Waals surface area contributed by atoms with Gasteiger partial charge in [0.2, 0.25) is 10.0 Å². The van der Waals surface area contributed by atoms with Gasteiger partial charge in [0.05, 0.1) is 17.6 Å². The highest BCUT2D eigenvalue weighted by atomic mass is 35.5. The zero-order chi connectivity index (χ0) is 23.0. The van der Waals surface area contributed by atoms with Gasteiger partial charge in [-0.3, -0.25) is 4.90 Å². The van der Waals surface area contributed by atoms with E-state index in [1.807, 2.05) is 38.1 Å². The van der Waals surface area contributed by atoms with Gasteiger partial charge in [-0.2, -0.15) is 4.31 Å². The Morgan fingerprint density at radius 2 is 1.65 bits per heavy atom. The van der Waals surface area contributed by atoms with Gasteiger partial charge in [0, 0.05) is 44.9 Å². The first-order chi connectivity index (χ1) is 14.7. The average Bonchev–Trinajstić information content (AvgIpc) is 2.78. The van der Waals surface area contributed by atoms with Crippen LogP contribution in [-0.4, -0.2) is 68.7 Å². The third-order valence-corrected chi connectivity index (χ3v) is 7.77. The molecule has 2 rings (SSSR count). The molecule has 3 atom stereocenters. The largest absolute Gasteiger partial charge is 0.395 e. The number of benzene rings is 2. The smallest absolute Gasteiger partial charge is 0.242 e. The molecule has 2 aromatic rings. The molecule has 0 unspecified atom stereocenters. The van der Waals surface area contributed by atoms with E-state index in [0.717, 1.165) is 5.56 Å². The number of hydrogen-bond acceptors (Lipinski definition) is 5. The Balaban J connectivity index is 2.11. The Morgan fingerprint density at radius 1 is 1.03 bits per heavy atom. The number of rotatable bonds is 12. The standard InChI is InChI=1S/C23H33ClN2O4S/c1-18(14-26(19(2)17-27)15-20-10-8-9-13-22(20)24)23(30-4)16-25(3)31(28,29)21-11-6-5-7-12-21/h5-13,18-19,23,27H,14-17H2,1-4H3/t18-,19-,23-/m1/s1. The molecule has 2 aromatic carbocycles. The number of hydrogen-bond donors (Lipinski definition) is 1. The molecule has 0 aliphatic rings. The van der Waals surface area contributed by atoms with Gasteiger partial charge in [-0.05, 0) is 36.6 Å². The molecule has 0 amide bonds. The first-order valence-corrected chi connectivity index (χ1v) is 12.1. The van der Waals surface area contributed by atoms with Crippen molar-refractivity contribution in [2.24, 2.45) is 5.92 Å². The fraction of sp³-hybridized carbons (Fsp3) is 0.478. The van der Waals surface area contributed by atoms with Crippen molar-refractivity contribution in [1.82, 2.24) is 9.21 Å². The molecule has 172 valence electrons. The molecule has 0 saturated heterocycles. The molecular weight excluding hydrogens is 436 g/mol. The molecule has 0 aromatic heterocycles. The third-order valence-electron chi connectivity index (χ3n) is 5.57. The van der Waals surface area contributed by atoms with Gasteiger partial charge in [-0.1, -0.05) is 54.9 Å². The zero-order valence-electron chi connectivity index (χ0n) is 18.6. The Labute approximate surface area is 191 Å². The molecule has 0 bridgehead atoms. The predicted octanol–water partition coefficient (Wildman–Crippen LogP) is 3.49. The van der Waals surface area contributed by atoms with E-state index in [1.54, 1.807) is 44.5 Å². The summed E-state index contributed by atoms with van der Waals surface area (Å²) in [6.07, 6.45) is -0.317. The third kappa shape index (κ3) is 7.00. The SMILES string of the molecule is CO[C@H](CN(C)S(=O)(=O)c1ccccc1)[C@H](C)CN(Cc1ccccc1Cl)[C@H](C)CO. The van der Waals surface area contributed by atoms with Crippen molar-refractivity contribution >= 4 is 21.6 Å². The van der Waals surface area contributed by atoms with Gasteiger partial charge in [-0.15, -0.1) is 0 Å². The van der Waals surface area contributed by atoms with E-state index in [-0.39, 0.29) is 36.1 Å². The van der Waals surface area contributed by atoms with Crippen molar-refractivity contribution in [2.75, 3.05) is 33.9 Å². The van der Waals surface area contributed by atoms with Crippen LogP contribution in [0.15, 0.2) is 59.5 Å². The van der Waals surface area contributed by atoms with Gasteiger partial charge in [0.25, 0.3) is 0 Å². The van der Waals surface area contributed by atoms with Crippen molar-refractivity contribution in [3.63, 3.8) is 0 Å². The van der Waals surface area contributed by atoms with Crippen molar-refractivity contribution in [2.45, 2.75) is 37.4 Å². The maximum atomic E-state index is 12.9. The van der Waals surface area contributed by atoms with E-state index in [0.29, 0.717) is 18.1 Å². The quantitative estimate of drug-likeness (QED) is 0.516. The maximum absolute atomic E-state index is 12.9. The van der Waals surface area contributed by atoms with E-state index in [9.17, 15) is 13.5 Å². The summed E-state index contributed by atoms with van der Waals surface area (Å²) in [6, 6.07) is 15.9. The zero-order valence-corrected chi connectivity index (χ0v) is 20.2. The molecule has 0 heterocycles. The summed E-state index contributed by atoms with van der Waals surface area (Å²) in [5.41, 5.74) is 0.981. The summed E-state index contributed by atoms with van der Waals surface area (Å²) in [4.78, 5) is 2.40. The summed E-state index contributed by atoms with van der Waals surface area (Å²) in [5, 5.41) is 10.4. The number of methoxy groups -OCH3 is 1. The van der Waals surface area contributed by atoms with Crippen LogP contribution < -0.4 is 0 Å². The lowest BCUT2D eigenvalue weighted by atomic mass is 10.0. The van der Waals surface area contributed by atoms with Crippen LogP contribution in [0.25, 0.3) is 0 Å². The lowest BCUT2D eigenvalue weighted by Crippen LogP contribution is -2.44. The summed E-state index contributed by atoms with van der Waals surface area (Å²) >= 11 is 6.33. The lowest BCUT2D eigenvalue weighted by molar-refractivity contribution is 0.0194. The first kappa shape index (κ1) is 25.8. The van der Waals surface area contributed by atoms with Gasteiger partial charge in [-0.25, -0.2) is 8.42 Å². The van der Waals surface area contributed by atoms with Gasteiger partial charge >= 0.3 is 0 Å². The minimum absolute atomic E-state index is 0.00918. The minimum Gasteiger partial charge on any atom is -0.395 e. The molecule has 31 heavy (non-hydrogen) atoms. The molecule has 0 saturated carbocycles. The van der Waals surface area contributed by atoms with Crippen LogP contribution in [0, 0.1) is 5.92 Å². The minimum atomic E-state index is -3.60. The van der Waals surface area contributed by atoms with E-state index in [4.69, 9.17) is 16.3 Å². The van der Waals surface area contributed by atoms with Gasteiger partial charge < -0.3 is 9.84 Å². The molecule has 0 fully saturated rings. The molecule has 0 aliphatic heterocycles. The molecule has 0 spiro atoms. The summed E-state index contributed by atoms with van der Waals surface area (Å²) < 4.78 is 32.8. The van der Waals surface area contributed by atoms with Crippen LogP contribution >= 0.6 is 11.6 Å². The highest BCUT2D eigenvalue weighted by molar-refractivity contribution is 7.89. The Bertz CT molecular complexity index is 911. The fourth-order valence-corrected chi connectivity index (χ4v) is 4.86. The topological polar surface area (TPSA) is 70.1 Å². The van der Waals surface area contributed by atoms with Crippen LogP contribution in [0.2, 0.25) is 5.02 Å². The second kappa shape index (κ2) is 11.9. The van der Waals surface area contributed by atoms with E-state index < -0.39 is 10.0 Å². The second-order valence-corrected chi connectivity index (χ2v) is 10.4.